The molecule has 2 heterocycles. The molecule has 1 saturated heterocycles. The van der Waals surface area contributed by atoms with Gasteiger partial charge in [0.05, 0.1) is 6.61 Å². The smallest absolute Gasteiger partial charge is 0.405 e. The Bertz CT molecular complexity index is 706. The number of piperazine rings is 1. The van der Waals surface area contributed by atoms with E-state index in [0.717, 1.165) is 17.7 Å². The molecular formula is C19H24F3N3O2. The predicted octanol–water partition coefficient (Wildman–Crippen LogP) is 1.68. The number of halogens is 3. The van der Waals surface area contributed by atoms with Gasteiger partial charge in [-0.2, -0.15) is 13.2 Å². The molecule has 1 spiro atoms. The number of fused-ring (bicyclic) bond motifs is 2. The van der Waals surface area contributed by atoms with E-state index in [1.807, 2.05) is 24.3 Å². The highest BCUT2D eigenvalue weighted by Gasteiger charge is 2.61. The third-order valence-electron chi connectivity index (χ3n) is 6.06. The van der Waals surface area contributed by atoms with Crippen molar-refractivity contribution in [2.45, 2.75) is 30.5 Å². The molecule has 3 unspecified atom stereocenters. The summed E-state index contributed by atoms with van der Waals surface area (Å²) in [5.74, 6) is 0.226. The fraction of sp³-hybridized carbons (Fsp3) is 0.632. The van der Waals surface area contributed by atoms with E-state index in [2.05, 4.69) is 10.6 Å². The van der Waals surface area contributed by atoms with E-state index in [9.17, 15) is 18.0 Å². The highest BCUT2D eigenvalue weighted by atomic mass is 19.4. The maximum absolute atomic E-state index is 13.5. The number of para-hydroxylation sites is 1. The Morgan fingerprint density at radius 2 is 2.07 bits per heavy atom. The molecule has 148 valence electrons. The van der Waals surface area contributed by atoms with Gasteiger partial charge in [0.2, 0.25) is 5.91 Å². The zero-order valence-corrected chi connectivity index (χ0v) is 15.0. The predicted molar refractivity (Wildman–Crippen MR) is 93.6 cm³/mol. The Balaban J connectivity index is 1.41. The molecular weight excluding hydrogens is 359 g/mol. The summed E-state index contributed by atoms with van der Waals surface area (Å²) in [5.41, 5.74) is 0.729. The average molecular weight is 383 g/mol. The summed E-state index contributed by atoms with van der Waals surface area (Å²) in [7, 11) is 0. The first kappa shape index (κ1) is 18.6. The maximum Gasteiger partial charge on any atom is 0.405 e. The van der Waals surface area contributed by atoms with Crippen molar-refractivity contribution in [3.8, 4) is 5.75 Å². The van der Waals surface area contributed by atoms with Gasteiger partial charge in [0.15, 0.2) is 0 Å². The summed E-state index contributed by atoms with van der Waals surface area (Å²) >= 11 is 0. The van der Waals surface area contributed by atoms with Crippen molar-refractivity contribution in [1.29, 1.82) is 0 Å². The van der Waals surface area contributed by atoms with Gasteiger partial charge in [-0.3, -0.25) is 9.69 Å². The highest BCUT2D eigenvalue weighted by molar-refractivity contribution is 5.85. The summed E-state index contributed by atoms with van der Waals surface area (Å²) < 4.78 is 46.1. The van der Waals surface area contributed by atoms with Crippen LogP contribution in [0.2, 0.25) is 0 Å². The topological polar surface area (TPSA) is 53.6 Å². The van der Waals surface area contributed by atoms with Gasteiger partial charge in [-0.25, -0.2) is 0 Å². The largest absolute Gasteiger partial charge is 0.493 e. The third kappa shape index (κ3) is 3.52. The highest BCUT2D eigenvalue weighted by Crippen LogP contribution is 2.60. The number of ether oxygens (including phenoxy) is 1. The lowest BCUT2D eigenvalue weighted by Crippen LogP contribution is -2.57. The van der Waals surface area contributed by atoms with Crippen LogP contribution in [0.25, 0.3) is 0 Å². The minimum atomic E-state index is -4.36. The van der Waals surface area contributed by atoms with Gasteiger partial charge in [0, 0.05) is 49.6 Å². The van der Waals surface area contributed by atoms with Gasteiger partial charge in [-0.1, -0.05) is 18.2 Å². The lowest BCUT2D eigenvalue weighted by atomic mass is 9.87. The second-order valence-electron chi connectivity index (χ2n) is 7.60. The lowest BCUT2D eigenvalue weighted by molar-refractivity contribution is -0.184. The van der Waals surface area contributed by atoms with Crippen molar-refractivity contribution in [2.24, 2.45) is 5.92 Å². The Morgan fingerprint density at radius 1 is 1.33 bits per heavy atom. The van der Waals surface area contributed by atoms with Crippen LogP contribution in [0.5, 0.6) is 5.75 Å². The van der Waals surface area contributed by atoms with Crippen molar-refractivity contribution in [1.82, 2.24) is 15.5 Å². The van der Waals surface area contributed by atoms with Gasteiger partial charge >= 0.3 is 6.18 Å². The second kappa shape index (κ2) is 6.98. The van der Waals surface area contributed by atoms with E-state index < -0.39 is 18.8 Å². The van der Waals surface area contributed by atoms with Gasteiger partial charge in [0.1, 0.15) is 11.8 Å². The molecule has 1 saturated carbocycles. The molecule has 2 aliphatic heterocycles. The van der Waals surface area contributed by atoms with Crippen LogP contribution in [-0.2, 0) is 10.2 Å². The van der Waals surface area contributed by atoms with Crippen LogP contribution in [-0.4, -0.2) is 62.4 Å². The first-order valence-corrected chi connectivity index (χ1v) is 9.43. The molecule has 0 bridgehead atoms. The van der Waals surface area contributed by atoms with Gasteiger partial charge in [-0.15, -0.1) is 0 Å². The molecule has 0 radical (unpaired) electrons. The summed E-state index contributed by atoms with van der Waals surface area (Å²) in [6.07, 6.45) is -2.97. The molecule has 5 nitrogen and oxygen atoms in total. The van der Waals surface area contributed by atoms with E-state index in [0.29, 0.717) is 39.2 Å². The Morgan fingerprint density at radius 3 is 2.81 bits per heavy atom. The molecule has 0 aromatic heterocycles. The summed E-state index contributed by atoms with van der Waals surface area (Å²) in [6, 6.07) is 6.00. The number of hydrogen-bond donors (Lipinski definition) is 2. The van der Waals surface area contributed by atoms with Crippen LogP contribution in [0.3, 0.4) is 0 Å². The number of amides is 1. The Labute approximate surface area is 156 Å². The fourth-order valence-electron chi connectivity index (χ4n) is 4.47. The fourth-order valence-corrected chi connectivity index (χ4v) is 4.47. The first-order valence-electron chi connectivity index (χ1n) is 9.43. The van der Waals surface area contributed by atoms with Crippen molar-refractivity contribution >= 4 is 5.91 Å². The molecule has 3 aliphatic rings. The minimum absolute atomic E-state index is 0.276. The number of alkyl halides is 3. The molecule has 2 N–H and O–H groups in total. The summed E-state index contributed by atoms with van der Waals surface area (Å²) in [4.78, 5) is 14.1. The maximum atomic E-state index is 13.5. The van der Waals surface area contributed by atoms with Crippen LogP contribution in [0.4, 0.5) is 13.2 Å². The molecule has 8 heteroatoms. The third-order valence-corrected chi connectivity index (χ3v) is 6.06. The molecule has 1 amide bonds. The number of carbonyl (C=O) groups is 1. The number of nitrogens with zero attached hydrogens (tertiary/aromatic N) is 1. The monoisotopic (exact) mass is 383 g/mol. The van der Waals surface area contributed by atoms with Crippen molar-refractivity contribution in [3.05, 3.63) is 29.8 Å². The zero-order chi connectivity index (χ0) is 19.1. The van der Waals surface area contributed by atoms with Crippen molar-refractivity contribution < 1.29 is 22.7 Å². The summed E-state index contributed by atoms with van der Waals surface area (Å²) in [5, 5.41) is 5.64. The van der Waals surface area contributed by atoms with Crippen LogP contribution < -0.4 is 15.4 Å². The van der Waals surface area contributed by atoms with E-state index in [1.54, 1.807) is 0 Å². The number of benzene rings is 1. The number of hydrogen-bond acceptors (Lipinski definition) is 4. The quantitative estimate of drug-likeness (QED) is 0.831. The van der Waals surface area contributed by atoms with Crippen LogP contribution in [0, 0.1) is 5.92 Å². The molecule has 2 fully saturated rings. The van der Waals surface area contributed by atoms with Gasteiger partial charge in [0.25, 0.3) is 0 Å². The Hall–Kier alpha value is -1.80. The molecule has 1 aliphatic carbocycles. The van der Waals surface area contributed by atoms with E-state index >= 15 is 0 Å². The average Bonchev–Trinajstić information content (AvgIpc) is 3.37. The van der Waals surface area contributed by atoms with E-state index in [4.69, 9.17) is 4.74 Å². The number of rotatable bonds is 4. The van der Waals surface area contributed by atoms with Crippen LogP contribution >= 0.6 is 0 Å². The molecule has 3 atom stereocenters. The van der Waals surface area contributed by atoms with Gasteiger partial charge in [-0.05, 0) is 18.9 Å². The molecule has 1 aromatic carbocycles. The number of nitrogens with one attached hydrogen (secondary N) is 2. The second-order valence-corrected chi connectivity index (χ2v) is 7.60. The zero-order valence-electron chi connectivity index (χ0n) is 15.0. The minimum Gasteiger partial charge on any atom is -0.493 e. The molecule has 4 rings (SSSR count). The summed E-state index contributed by atoms with van der Waals surface area (Å²) in [6.45, 7) is 1.86. The Kier molecular flexibility index (Phi) is 4.80. The van der Waals surface area contributed by atoms with Crippen LogP contribution in [0.1, 0.15) is 18.4 Å². The number of carbonyl (C=O) groups excluding carboxylic acids is 1. The van der Waals surface area contributed by atoms with E-state index in [-0.39, 0.29) is 17.2 Å². The SMILES string of the molecule is O=C(NCC(N1CCNCC1)C(F)(F)F)C1CC12CCOc1ccccc12. The van der Waals surface area contributed by atoms with E-state index in [1.165, 1.54) is 4.90 Å². The molecule has 27 heavy (non-hydrogen) atoms. The normalized spacial score (nSPS) is 28.9. The first-order chi connectivity index (χ1) is 12.9. The van der Waals surface area contributed by atoms with Crippen molar-refractivity contribution in [3.63, 3.8) is 0 Å². The van der Waals surface area contributed by atoms with Gasteiger partial charge < -0.3 is 15.4 Å². The standard InChI is InChI=1S/C19H24F3N3O2/c20-19(21,22)16(25-8-6-23-7-9-25)12-24-17(26)14-11-18(14)5-10-27-15-4-2-1-3-13(15)18/h1-4,14,16,23H,5-12H2,(H,24,26). The lowest BCUT2D eigenvalue weighted by Gasteiger charge is -2.36. The van der Waals surface area contributed by atoms with Crippen LogP contribution in [0.15, 0.2) is 24.3 Å². The molecule has 1 aromatic rings. The van der Waals surface area contributed by atoms with Crippen molar-refractivity contribution in [2.75, 3.05) is 39.3 Å².